The van der Waals surface area contributed by atoms with Gasteiger partial charge in [0.05, 0.1) is 4.92 Å². The molecule has 0 radical (unpaired) electrons. The number of halogens is 1. The fraction of sp³-hybridized carbons (Fsp3) is 0.462. The van der Waals surface area contributed by atoms with Crippen LogP contribution in [0.2, 0.25) is 0 Å². The number of non-ortho nitro benzene ring substituents is 1. The number of nitrogens with zero attached hydrogens (tertiary/aromatic N) is 1. The van der Waals surface area contributed by atoms with Gasteiger partial charge in [0, 0.05) is 29.6 Å². The molecule has 1 aliphatic carbocycles. The quantitative estimate of drug-likeness (QED) is 0.513. The Kier molecular flexibility index (Phi) is 3.89. The predicted molar refractivity (Wildman–Crippen MR) is 75.6 cm³/mol. The zero-order valence-electron chi connectivity index (χ0n) is 10.6. The van der Waals surface area contributed by atoms with Crippen molar-refractivity contribution in [1.29, 1.82) is 0 Å². The molecule has 2 rings (SSSR count). The Morgan fingerprint density at radius 2 is 2.21 bits per heavy atom. The van der Waals surface area contributed by atoms with Crippen LogP contribution in [0.15, 0.2) is 18.2 Å². The Hall–Kier alpha value is -1.43. The van der Waals surface area contributed by atoms with Crippen LogP contribution >= 0.6 is 15.9 Å². The van der Waals surface area contributed by atoms with Crippen LogP contribution in [0.5, 0.6) is 0 Å². The summed E-state index contributed by atoms with van der Waals surface area (Å²) in [5.74, 6) is -0.242. The minimum Gasteiger partial charge on any atom is -0.351 e. The second kappa shape index (κ2) is 5.28. The molecule has 0 bridgehead atoms. The maximum atomic E-state index is 12.1. The molecule has 6 heteroatoms. The molecule has 0 saturated heterocycles. The number of nitro benzene ring substituents is 1. The molecule has 1 aliphatic rings. The van der Waals surface area contributed by atoms with Crippen LogP contribution in [0.1, 0.15) is 28.8 Å². The molecule has 0 unspecified atom stereocenters. The van der Waals surface area contributed by atoms with Crippen molar-refractivity contribution in [2.24, 2.45) is 5.41 Å². The van der Waals surface area contributed by atoms with Crippen LogP contribution in [0.3, 0.4) is 0 Å². The normalized spacial score (nSPS) is 15.9. The average molecular weight is 327 g/mol. The smallest absolute Gasteiger partial charge is 0.270 e. The molecule has 0 atom stereocenters. The number of hydrogen-bond acceptors (Lipinski definition) is 3. The topological polar surface area (TPSA) is 72.2 Å². The van der Waals surface area contributed by atoms with Crippen LogP contribution in [0.25, 0.3) is 0 Å². The lowest BCUT2D eigenvalue weighted by molar-refractivity contribution is -0.384. The van der Waals surface area contributed by atoms with Gasteiger partial charge in [-0.3, -0.25) is 14.9 Å². The van der Waals surface area contributed by atoms with Gasteiger partial charge in [-0.05, 0) is 30.7 Å². The molecular weight excluding hydrogens is 312 g/mol. The van der Waals surface area contributed by atoms with Gasteiger partial charge in [-0.2, -0.15) is 0 Å². The number of amides is 1. The van der Waals surface area contributed by atoms with Crippen molar-refractivity contribution in [2.45, 2.75) is 19.8 Å². The first-order chi connectivity index (χ1) is 8.97. The van der Waals surface area contributed by atoms with Crippen LogP contribution in [-0.2, 0) is 0 Å². The van der Waals surface area contributed by atoms with E-state index in [4.69, 9.17) is 0 Å². The third-order valence-corrected chi connectivity index (χ3v) is 4.73. The largest absolute Gasteiger partial charge is 0.351 e. The van der Waals surface area contributed by atoms with Crippen LogP contribution < -0.4 is 5.32 Å². The summed E-state index contributed by atoms with van der Waals surface area (Å²) >= 11 is 3.44. The highest BCUT2D eigenvalue weighted by atomic mass is 79.9. The van der Waals surface area contributed by atoms with Crippen molar-refractivity contribution in [2.75, 3.05) is 11.9 Å². The van der Waals surface area contributed by atoms with Crippen molar-refractivity contribution >= 4 is 27.5 Å². The highest BCUT2D eigenvalue weighted by Gasteiger charge is 2.41. The van der Waals surface area contributed by atoms with E-state index in [-0.39, 0.29) is 17.0 Å². The second-order valence-electron chi connectivity index (χ2n) is 5.07. The first-order valence-corrected chi connectivity index (χ1v) is 7.19. The standard InChI is InChI=1S/C13H15BrN2O3/c1-9-2-3-10(16(18)19)6-11(9)12(17)15-8-13(7-14)4-5-13/h2-3,6H,4-5,7-8H2,1H3,(H,15,17). The molecule has 0 aromatic heterocycles. The summed E-state index contributed by atoms with van der Waals surface area (Å²) in [5.41, 5.74) is 1.24. The summed E-state index contributed by atoms with van der Waals surface area (Å²) in [4.78, 5) is 22.3. The SMILES string of the molecule is Cc1ccc([N+](=O)[O-])cc1C(=O)NCC1(CBr)CC1. The van der Waals surface area contributed by atoms with Gasteiger partial charge in [-0.1, -0.05) is 22.0 Å². The van der Waals surface area contributed by atoms with Crippen LogP contribution in [-0.4, -0.2) is 22.7 Å². The second-order valence-corrected chi connectivity index (χ2v) is 5.63. The van der Waals surface area contributed by atoms with Crippen molar-refractivity contribution < 1.29 is 9.72 Å². The molecule has 0 aliphatic heterocycles. The number of hydrogen-bond donors (Lipinski definition) is 1. The van der Waals surface area contributed by atoms with Gasteiger partial charge >= 0.3 is 0 Å². The first-order valence-electron chi connectivity index (χ1n) is 6.07. The lowest BCUT2D eigenvalue weighted by Crippen LogP contribution is -2.31. The Balaban J connectivity index is 2.10. The highest BCUT2D eigenvalue weighted by molar-refractivity contribution is 9.09. The van der Waals surface area contributed by atoms with Crippen LogP contribution in [0, 0.1) is 22.5 Å². The lowest BCUT2D eigenvalue weighted by Gasteiger charge is -2.13. The Morgan fingerprint density at radius 1 is 1.53 bits per heavy atom. The minimum absolute atomic E-state index is 0.0580. The number of alkyl halides is 1. The number of rotatable bonds is 5. The Labute approximate surface area is 119 Å². The molecule has 1 saturated carbocycles. The van der Waals surface area contributed by atoms with E-state index in [9.17, 15) is 14.9 Å². The summed E-state index contributed by atoms with van der Waals surface area (Å²) in [5, 5.41) is 14.5. The van der Waals surface area contributed by atoms with E-state index < -0.39 is 4.92 Å². The number of carbonyl (C=O) groups excluding carboxylic acids is 1. The molecule has 0 spiro atoms. The summed E-state index contributed by atoms with van der Waals surface area (Å²) < 4.78 is 0. The molecule has 1 N–H and O–H groups in total. The zero-order valence-corrected chi connectivity index (χ0v) is 12.2. The van der Waals surface area contributed by atoms with Crippen molar-refractivity contribution in [3.8, 4) is 0 Å². The fourth-order valence-electron chi connectivity index (χ4n) is 1.87. The van der Waals surface area contributed by atoms with E-state index in [0.29, 0.717) is 12.1 Å². The summed E-state index contributed by atoms with van der Waals surface area (Å²) in [6.45, 7) is 2.38. The summed E-state index contributed by atoms with van der Waals surface area (Å²) in [6, 6.07) is 4.34. The van der Waals surface area contributed by atoms with Gasteiger partial charge in [0.25, 0.3) is 11.6 Å². The zero-order chi connectivity index (χ0) is 14.0. The molecular formula is C13H15BrN2O3. The molecule has 0 heterocycles. The summed E-state index contributed by atoms with van der Waals surface area (Å²) in [7, 11) is 0. The lowest BCUT2D eigenvalue weighted by atomic mass is 10.1. The highest BCUT2D eigenvalue weighted by Crippen LogP contribution is 2.46. The molecule has 1 aromatic rings. The molecule has 5 nitrogen and oxygen atoms in total. The first kappa shape index (κ1) is 14.0. The van der Waals surface area contributed by atoms with E-state index in [0.717, 1.165) is 23.7 Å². The van der Waals surface area contributed by atoms with Gasteiger partial charge in [-0.25, -0.2) is 0 Å². The fourth-order valence-corrected chi connectivity index (χ4v) is 2.62. The van der Waals surface area contributed by atoms with Gasteiger partial charge in [0.2, 0.25) is 0 Å². The van der Waals surface area contributed by atoms with E-state index in [1.54, 1.807) is 13.0 Å². The molecule has 1 aromatic carbocycles. The monoisotopic (exact) mass is 326 g/mol. The molecule has 1 fully saturated rings. The maximum Gasteiger partial charge on any atom is 0.270 e. The van der Waals surface area contributed by atoms with E-state index >= 15 is 0 Å². The van der Waals surface area contributed by atoms with E-state index in [2.05, 4.69) is 21.2 Å². The molecule has 1 amide bonds. The van der Waals surface area contributed by atoms with Gasteiger partial charge in [0.1, 0.15) is 0 Å². The maximum absolute atomic E-state index is 12.1. The van der Waals surface area contributed by atoms with Gasteiger partial charge in [0.15, 0.2) is 0 Å². The van der Waals surface area contributed by atoms with E-state index in [1.807, 2.05) is 0 Å². The number of carbonyl (C=O) groups is 1. The van der Waals surface area contributed by atoms with Crippen molar-refractivity contribution in [3.63, 3.8) is 0 Å². The van der Waals surface area contributed by atoms with Crippen molar-refractivity contribution in [1.82, 2.24) is 5.32 Å². The predicted octanol–water partition coefficient (Wildman–Crippen LogP) is 2.81. The third kappa shape index (κ3) is 3.12. The minimum atomic E-state index is -0.489. The number of nitrogens with one attached hydrogen (secondary N) is 1. The average Bonchev–Trinajstić information content (AvgIpc) is 3.17. The van der Waals surface area contributed by atoms with Crippen molar-refractivity contribution in [3.05, 3.63) is 39.4 Å². The molecule has 102 valence electrons. The van der Waals surface area contributed by atoms with E-state index in [1.165, 1.54) is 12.1 Å². The Morgan fingerprint density at radius 3 is 2.74 bits per heavy atom. The number of nitro groups is 1. The van der Waals surface area contributed by atoms with Gasteiger partial charge < -0.3 is 5.32 Å². The molecule has 19 heavy (non-hydrogen) atoms. The van der Waals surface area contributed by atoms with Gasteiger partial charge in [-0.15, -0.1) is 0 Å². The van der Waals surface area contributed by atoms with Crippen LogP contribution in [0.4, 0.5) is 5.69 Å². The number of benzene rings is 1. The third-order valence-electron chi connectivity index (χ3n) is 3.54. The number of aryl methyl sites for hydroxylation is 1. The summed E-state index contributed by atoms with van der Waals surface area (Å²) in [6.07, 6.45) is 2.21. The Bertz CT molecular complexity index is 527.